The standard InChI is InChI=1S/C29H30ClN5O/c1-20-6-5-9-25-26(20)33-29(30)34-27(25)32-18-21-10-12-24(13-11-21)35(19-22-7-3-2-4-8-22)28(36)23-14-16-31-17-15-23/h2-13,23,31H,14-19H2,1H3,(H,32,33,34). The summed E-state index contributed by atoms with van der Waals surface area (Å²) in [6, 6.07) is 24.4. The van der Waals surface area contributed by atoms with Crippen LogP contribution in [0.5, 0.6) is 0 Å². The van der Waals surface area contributed by atoms with Crippen molar-refractivity contribution in [2.45, 2.75) is 32.9 Å². The van der Waals surface area contributed by atoms with E-state index in [9.17, 15) is 4.79 Å². The number of benzene rings is 3. The summed E-state index contributed by atoms with van der Waals surface area (Å²) in [6.45, 7) is 4.94. The van der Waals surface area contributed by atoms with Crippen molar-refractivity contribution >= 4 is 39.9 Å². The lowest BCUT2D eigenvalue weighted by Gasteiger charge is -2.30. The Morgan fingerprint density at radius 1 is 0.972 bits per heavy atom. The molecule has 0 unspecified atom stereocenters. The quantitative estimate of drug-likeness (QED) is 0.317. The van der Waals surface area contributed by atoms with Crippen molar-refractivity contribution in [2.24, 2.45) is 5.92 Å². The Bertz CT molecular complexity index is 1340. The molecule has 1 fully saturated rings. The fraction of sp³-hybridized carbons (Fsp3) is 0.276. The molecule has 2 N–H and O–H groups in total. The smallest absolute Gasteiger partial charge is 0.230 e. The fourth-order valence-corrected chi connectivity index (χ4v) is 4.90. The zero-order valence-corrected chi connectivity index (χ0v) is 21.1. The first-order valence-corrected chi connectivity index (χ1v) is 12.8. The summed E-state index contributed by atoms with van der Waals surface area (Å²) in [6.07, 6.45) is 1.75. The van der Waals surface area contributed by atoms with Crippen LogP contribution in [0.3, 0.4) is 0 Å². The molecule has 184 valence electrons. The molecule has 7 heteroatoms. The number of fused-ring (bicyclic) bond motifs is 1. The summed E-state index contributed by atoms with van der Waals surface area (Å²) < 4.78 is 0. The number of piperidine rings is 1. The van der Waals surface area contributed by atoms with Crippen molar-refractivity contribution in [1.29, 1.82) is 0 Å². The highest BCUT2D eigenvalue weighted by Crippen LogP contribution is 2.27. The normalized spacial score (nSPS) is 14.1. The van der Waals surface area contributed by atoms with Crippen LogP contribution in [-0.2, 0) is 17.9 Å². The molecule has 0 bridgehead atoms. The highest BCUT2D eigenvalue weighted by atomic mass is 35.5. The van der Waals surface area contributed by atoms with Crippen LogP contribution in [0.25, 0.3) is 10.9 Å². The molecule has 1 aromatic heterocycles. The van der Waals surface area contributed by atoms with E-state index in [1.165, 1.54) is 0 Å². The van der Waals surface area contributed by atoms with Gasteiger partial charge in [0.1, 0.15) is 5.82 Å². The molecule has 2 heterocycles. The van der Waals surface area contributed by atoms with Crippen molar-refractivity contribution in [2.75, 3.05) is 23.3 Å². The average Bonchev–Trinajstić information content (AvgIpc) is 2.92. The number of rotatable bonds is 7. The Morgan fingerprint density at radius 2 is 1.72 bits per heavy atom. The van der Waals surface area contributed by atoms with Gasteiger partial charge in [0, 0.05) is 23.5 Å². The maximum Gasteiger partial charge on any atom is 0.230 e. The molecule has 0 atom stereocenters. The van der Waals surface area contributed by atoms with Gasteiger partial charge in [-0.15, -0.1) is 0 Å². The number of carbonyl (C=O) groups excluding carboxylic acids is 1. The van der Waals surface area contributed by atoms with Gasteiger partial charge in [-0.25, -0.2) is 9.97 Å². The second-order valence-corrected chi connectivity index (χ2v) is 9.60. The van der Waals surface area contributed by atoms with Crippen LogP contribution in [0, 0.1) is 12.8 Å². The number of nitrogens with zero attached hydrogens (tertiary/aromatic N) is 3. The summed E-state index contributed by atoms with van der Waals surface area (Å²) in [4.78, 5) is 24.3. The Hall–Kier alpha value is -3.48. The number of aryl methyl sites for hydroxylation is 1. The molecular formula is C29H30ClN5O. The van der Waals surface area contributed by atoms with E-state index in [4.69, 9.17) is 11.6 Å². The molecular weight excluding hydrogens is 470 g/mol. The number of aromatic nitrogens is 2. The average molecular weight is 500 g/mol. The summed E-state index contributed by atoms with van der Waals surface area (Å²) in [5, 5.41) is 7.93. The summed E-state index contributed by atoms with van der Waals surface area (Å²) in [5.41, 5.74) is 5.03. The van der Waals surface area contributed by atoms with Crippen LogP contribution in [0.1, 0.15) is 29.5 Å². The topological polar surface area (TPSA) is 70.2 Å². The third-order valence-corrected chi connectivity index (χ3v) is 6.92. The second kappa shape index (κ2) is 11.1. The van der Waals surface area contributed by atoms with E-state index in [1.807, 2.05) is 60.4 Å². The van der Waals surface area contributed by atoms with Crippen LogP contribution < -0.4 is 15.5 Å². The van der Waals surface area contributed by atoms with E-state index in [2.05, 4.69) is 44.9 Å². The van der Waals surface area contributed by atoms with Gasteiger partial charge in [0.25, 0.3) is 0 Å². The van der Waals surface area contributed by atoms with E-state index >= 15 is 0 Å². The van der Waals surface area contributed by atoms with E-state index in [0.717, 1.165) is 59.2 Å². The molecule has 1 saturated heterocycles. The van der Waals surface area contributed by atoms with Crippen molar-refractivity contribution in [1.82, 2.24) is 15.3 Å². The SMILES string of the molecule is Cc1cccc2c(NCc3ccc(N(Cc4ccccc4)C(=O)C4CCNCC4)cc3)nc(Cl)nc12. The minimum absolute atomic E-state index is 0.0514. The van der Waals surface area contributed by atoms with E-state index < -0.39 is 0 Å². The van der Waals surface area contributed by atoms with Crippen LogP contribution in [0.4, 0.5) is 11.5 Å². The largest absolute Gasteiger partial charge is 0.365 e. The van der Waals surface area contributed by atoms with Crippen LogP contribution >= 0.6 is 11.6 Å². The molecule has 1 amide bonds. The fourth-order valence-electron chi connectivity index (χ4n) is 4.73. The van der Waals surface area contributed by atoms with Gasteiger partial charge >= 0.3 is 0 Å². The van der Waals surface area contributed by atoms with Gasteiger partial charge in [0.15, 0.2) is 0 Å². The predicted molar refractivity (Wildman–Crippen MR) is 146 cm³/mol. The molecule has 1 aliphatic heterocycles. The number of carbonyl (C=O) groups is 1. The first kappa shape index (κ1) is 24.2. The van der Waals surface area contributed by atoms with E-state index in [0.29, 0.717) is 18.9 Å². The van der Waals surface area contributed by atoms with E-state index in [1.54, 1.807) is 0 Å². The van der Waals surface area contributed by atoms with Crippen molar-refractivity contribution in [3.8, 4) is 0 Å². The van der Waals surface area contributed by atoms with Crippen molar-refractivity contribution in [3.05, 3.63) is 94.8 Å². The van der Waals surface area contributed by atoms with Gasteiger partial charge in [-0.3, -0.25) is 4.79 Å². The number of anilines is 2. The van der Waals surface area contributed by atoms with Gasteiger partial charge in [-0.2, -0.15) is 0 Å². The van der Waals surface area contributed by atoms with Crippen molar-refractivity contribution < 1.29 is 4.79 Å². The predicted octanol–water partition coefficient (Wildman–Crippen LogP) is 5.74. The maximum absolute atomic E-state index is 13.5. The lowest BCUT2D eigenvalue weighted by Crippen LogP contribution is -2.40. The number of hydrogen-bond acceptors (Lipinski definition) is 5. The maximum atomic E-state index is 13.5. The van der Waals surface area contributed by atoms with Gasteiger partial charge in [0.2, 0.25) is 11.2 Å². The zero-order chi connectivity index (χ0) is 24.9. The molecule has 0 spiro atoms. The molecule has 0 aliphatic carbocycles. The highest BCUT2D eigenvalue weighted by Gasteiger charge is 2.27. The van der Waals surface area contributed by atoms with Gasteiger partial charge in [-0.1, -0.05) is 54.6 Å². The summed E-state index contributed by atoms with van der Waals surface area (Å²) in [5.74, 6) is 0.962. The third kappa shape index (κ3) is 5.50. The van der Waals surface area contributed by atoms with Crippen LogP contribution in [-0.4, -0.2) is 29.0 Å². The number of nitrogens with one attached hydrogen (secondary N) is 2. The minimum Gasteiger partial charge on any atom is -0.365 e. The van der Waals surface area contributed by atoms with Crippen molar-refractivity contribution in [3.63, 3.8) is 0 Å². The number of amides is 1. The Labute approximate surface area is 216 Å². The molecule has 1 aliphatic rings. The number of para-hydroxylation sites is 1. The van der Waals surface area contributed by atoms with Gasteiger partial charge in [-0.05, 0) is 79.3 Å². The lowest BCUT2D eigenvalue weighted by molar-refractivity contribution is -0.123. The van der Waals surface area contributed by atoms with Gasteiger partial charge in [0.05, 0.1) is 12.1 Å². The number of halogens is 1. The molecule has 6 nitrogen and oxygen atoms in total. The Kier molecular flexibility index (Phi) is 7.44. The molecule has 4 aromatic rings. The highest BCUT2D eigenvalue weighted by molar-refractivity contribution is 6.28. The second-order valence-electron chi connectivity index (χ2n) is 9.27. The third-order valence-electron chi connectivity index (χ3n) is 6.75. The van der Waals surface area contributed by atoms with Crippen LogP contribution in [0.15, 0.2) is 72.8 Å². The van der Waals surface area contributed by atoms with Gasteiger partial charge < -0.3 is 15.5 Å². The zero-order valence-electron chi connectivity index (χ0n) is 20.4. The summed E-state index contributed by atoms with van der Waals surface area (Å²) in [7, 11) is 0. The molecule has 5 rings (SSSR count). The molecule has 36 heavy (non-hydrogen) atoms. The minimum atomic E-state index is 0.0514. The number of hydrogen-bond donors (Lipinski definition) is 2. The first-order chi connectivity index (χ1) is 17.6. The lowest BCUT2D eigenvalue weighted by atomic mass is 9.96. The van der Waals surface area contributed by atoms with E-state index in [-0.39, 0.29) is 17.1 Å². The molecule has 0 saturated carbocycles. The Morgan fingerprint density at radius 3 is 2.47 bits per heavy atom. The first-order valence-electron chi connectivity index (χ1n) is 12.4. The monoisotopic (exact) mass is 499 g/mol. The van der Waals surface area contributed by atoms with Crippen LogP contribution in [0.2, 0.25) is 5.28 Å². The summed E-state index contributed by atoms with van der Waals surface area (Å²) >= 11 is 6.19. The molecule has 0 radical (unpaired) electrons. The molecule has 3 aromatic carbocycles. The Balaban J connectivity index is 1.35.